The molecule has 2 nitrogen and oxygen atoms in total. The first-order valence-corrected chi connectivity index (χ1v) is 6.33. The van der Waals surface area contributed by atoms with Gasteiger partial charge in [0.25, 0.3) is 0 Å². The van der Waals surface area contributed by atoms with Crippen LogP contribution in [-0.4, -0.2) is 19.2 Å². The average molecular weight is 235 g/mol. The Bertz CT molecular complexity index is 327. The van der Waals surface area contributed by atoms with Crippen LogP contribution < -0.4 is 10.1 Å². The van der Waals surface area contributed by atoms with Crippen LogP contribution in [0.4, 0.5) is 0 Å². The molecule has 0 saturated carbocycles. The van der Waals surface area contributed by atoms with Gasteiger partial charge in [-0.2, -0.15) is 0 Å². The van der Waals surface area contributed by atoms with Crippen LogP contribution in [0.2, 0.25) is 0 Å². The minimum atomic E-state index is 0.139. The molecule has 0 atom stereocenters. The molecule has 1 aromatic carbocycles. The van der Waals surface area contributed by atoms with Crippen molar-refractivity contribution in [2.75, 3.05) is 13.7 Å². The highest BCUT2D eigenvalue weighted by atomic mass is 16.5. The molecular formula is C15H25NO. The maximum atomic E-state index is 5.66. The zero-order chi connectivity index (χ0) is 12.9. The summed E-state index contributed by atoms with van der Waals surface area (Å²) in [4.78, 5) is 0. The van der Waals surface area contributed by atoms with E-state index < -0.39 is 0 Å². The van der Waals surface area contributed by atoms with E-state index in [1.54, 1.807) is 0 Å². The molecule has 0 heterocycles. The minimum absolute atomic E-state index is 0.139. The van der Waals surface area contributed by atoms with Crippen molar-refractivity contribution in [2.24, 2.45) is 5.92 Å². The summed E-state index contributed by atoms with van der Waals surface area (Å²) in [5, 5.41) is 3.31. The standard InChI is InChI=1S/C15H25NO/c1-12(2)11-17-14-8-6-13(7-9-14)10-15(3,4)16-5/h6-9,12,16H,10-11H2,1-5H3. The summed E-state index contributed by atoms with van der Waals surface area (Å²) >= 11 is 0. The van der Waals surface area contributed by atoms with Crippen molar-refractivity contribution in [3.05, 3.63) is 29.8 Å². The number of benzene rings is 1. The number of likely N-dealkylation sites (N-methyl/N-ethyl adjacent to an activating group) is 1. The van der Waals surface area contributed by atoms with Gasteiger partial charge < -0.3 is 10.1 Å². The van der Waals surface area contributed by atoms with Gasteiger partial charge in [0.15, 0.2) is 0 Å². The molecule has 0 aliphatic carbocycles. The molecular weight excluding hydrogens is 210 g/mol. The van der Waals surface area contributed by atoms with Gasteiger partial charge in [0.1, 0.15) is 5.75 Å². The fraction of sp³-hybridized carbons (Fsp3) is 0.600. The van der Waals surface area contributed by atoms with E-state index in [-0.39, 0.29) is 5.54 Å². The highest BCUT2D eigenvalue weighted by Gasteiger charge is 2.14. The summed E-state index contributed by atoms with van der Waals surface area (Å²) in [6.07, 6.45) is 1.02. The van der Waals surface area contributed by atoms with Gasteiger partial charge in [-0.15, -0.1) is 0 Å². The number of ether oxygens (including phenoxy) is 1. The molecule has 0 amide bonds. The van der Waals surface area contributed by atoms with Crippen LogP contribution in [0.3, 0.4) is 0 Å². The lowest BCUT2D eigenvalue weighted by molar-refractivity contribution is 0.271. The van der Waals surface area contributed by atoms with Crippen LogP contribution in [0.15, 0.2) is 24.3 Å². The van der Waals surface area contributed by atoms with E-state index in [4.69, 9.17) is 4.74 Å². The van der Waals surface area contributed by atoms with Crippen LogP contribution in [-0.2, 0) is 6.42 Å². The fourth-order valence-electron chi connectivity index (χ4n) is 1.57. The van der Waals surface area contributed by atoms with Gasteiger partial charge in [0, 0.05) is 5.54 Å². The maximum absolute atomic E-state index is 5.66. The van der Waals surface area contributed by atoms with Crippen molar-refractivity contribution in [1.29, 1.82) is 0 Å². The molecule has 1 rings (SSSR count). The van der Waals surface area contributed by atoms with Crippen molar-refractivity contribution in [2.45, 2.75) is 39.7 Å². The minimum Gasteiger partial charge on any atom is -0.493 e. The second kappa shape index (κ2) is 6.06. The van der Waals surface area contributed by atoms with Gasteiger partial charge in [-0.05, 0) is 50.9 Å². The quantitative estimate of drug-likeness (QED) is 0.817. The Labute approximate surface area is 105 Å². The number of hydrogen-bond donors (Lipinski definition) is 1. The third kappa shape index (κ3) is 5.22. The maximum Gasteiger partial charge on any atom is 0.119 e. The van der Waals surface area contributed by atoms with Crippen molar-refractivity contribution in [1.82, 2.24) is 5.32 Å². The second-order valence-electron chi connectivity index (χ2n) is 5.66. The van der Waals surface area contributed by atoms with Gasteiger partial charge in [-0.1, -0.05) is 26.0 Å². The number of rotatable bonds is 6. The van der Waals surface area contributed by atoms with Crippen LogP contribution in [0.1, 0.15) is 33.3 Å². The molecule has 1 N–H and O–H groups in total. The zero-order valence-corrected chi connectivity index (χ0v) is 11.7. The summed E-state index contributed by atoms with van der Waals surface area (Å²) in [5.74, 6) is 1.53. The predicted molar refractivity (Wildman–Crippen MR) is 73.6 cm³/mol. The summed E-state index contributed by atoms with van der Waals surface area (Å²) in [6.45, 7) is 9.50. The largest absolute Gasteiger partial charge is 0.493 e. The van der Waals surface area contributed by atoms with Gasteiger partial charge in [-0.25, -0.2) is 0 Å². The highest BCUT2D eigenvalue weighted by Crippen LogP contribution is 2.17. The molecule has 1 aromatic rings. The van der Waals surface area contributed by atoms with Crippen LogP contribution >= 0.6 is 0 Å². The molecule has 0 aliphatic rings. The van der Waals surface area contributed by atoms with E-state index in [0.29, 0.717) is 5.92 Å². The SMILES string of the molecule is CNC(C)(C)Cc1ccc(OCC(C)C)cc1. The van der Waals surface area contributed by atoms with Crippen LogP contribution in [0.5, 0.6) is 5.75 Å². The third-order valence-electron chi connectivity index (χ3n) is 2.83. The van der Waals surface area contributed by atoms with Crippen molar-refractivity contribution in [3.63, 3.8) is 0 Å². The zero-order valence-electron chi connectivity index (χ0n) is 11.7. The van der Waals surface area contributed by atoms with Gasteiger partial charge >= 0.3 is 0 Å². The average Bonchev–Trinajstić information content (AvgIpc) is 2.28. The van der Waals surface area contributed by atoms with Crippen molar-refractivity contribution >= 4 is 0 Å². The molecule has 0 unspecified atom stereocenters. The summed E-state index contributed by atoms with van der Waals surface area (Å²) in [6, 6.07) is 8.41. The van der Waals surface area contributed by atoms with E-state index >= 15 is 0 Å². The Balaban J connectivity index is 2.56. The molecule has 96 valence electrons. The van der Waals surface area contributed by atoms with Crippen LogP contribution in [0, 0.1) is 5.92 Å². The van der Waals surface area contributed by atoms with E-state index in [1.807, 2.05) is 7.05 Å². The first-order chi connectivity index (χ1) is 7.93. The summed E-state index contributed by atoms with van der Waals surface area (Å²) < 4.78 is 5.66. The summed E-state index contributed by atoms with van der Waals surface area (Å²) in [7, 11) is 2.00. The van der Waals surface area contributed by atoms with E-state index in [1.165, 1.54) is 5.56 Å². The first-order valence-electron chi connectivity index (χ1n) is 6.33. The molecule has 0 spiro atoms. The Morgan fingerprint density at radius 2 is 1.76 bits per heavy atom. The molecule has 2 heteroatoms. The Kier molecular flexibility index (Phi) is 5.01. The Morgan fingerprint density at radius 3 is 2.24 bits per heavy atom. The van der Waals surface area contributed by atoms with E-state index in [9.17, 15) is 0 Å². The van der Waals surface area contributed by atoms with E-state index in [0.717, 1.165) is 18.8 Å². The summed E-state index contributed by atoms with van der Waals surface area (Å²) in [5.41, 5.74) is 1.47. The third-order valence-corrected chi connectivity index (χ3v) is 2.83. The molecule has 0 aliphatic heterocycles. The lowest BCUT2D eigenvalue weighted by atomic mass is 9.95. The normalized spacial score (nSPS) is 11.9. The fourth-order valence-corrected chi connectivity index (χ4v) is 1.57. The Hall–Kier alpha value is -1.02. The van der Waals surface area contributed by atoms with Gasteiger partial charge in [0.05, 0.1) is 6.61 Å². The molecule has 0 fully saturated rings. The molecule has 17 heavy (non-hydrogen) atoms. The lowest BCUT2D eigenvalue weighted by Crippen LogP contribution is -2.38. The topological polar surface area (TPSA) is 21.3 Å². The molecule has 0 radical (unpaired) electrons. The van der Waals surface area contributed by atoms with Crippen molar-refractivity contribution in [3.8, 4) is 5.75 Å². The predicted octanol–water partition coefficient (Wildman–Crippen LogP) is 3.26. The molecule has 0 aromatic heterocycles. The smallest absolute Gasteiger partial charge is 0.119 e. The Morgan fingerprint density at radius 1 is 1.18 bits per heavy atom. The molecule has 0 bridgehead atoms. The monoisotopic (exact) mass is 235 g/mol. The second-order valence-corrected chi connectivity index (χ2v) is 5.66. The van der Waals surface area contributed by atoms with Gasteiger partial charge in [0.2, 0.25) is 0 Å². The molecule has 0 saturated heterocycles. The van der Waals surface area contributed by atoms with Crippen LogP contribution in [0.25, 0.3) is 0 Å². The highest BCUT2D eigenvalue weighted by molar-refractivity contribution is 5.28. The van der Waals surface area contributed by atoms with Crippen molar-refractivity contribution < 1.29 is 4.74 Å². The first kappa shape index (κ1) is 14.0. The number of nitrogens with one attached hydrogen (secondary N) is 1. The van der Waals surface area contributed by atoms with E-state index in [2.05, 4.69) is 57.3 Å². The lowest BCUT2D eigenvalue weighted by Gasteiger charge is -2.24. The van der Waals surface area contributed by atoms with Gasteiger partial charge in [-0.3, -0.25) is 0 Å². The number of hydrogen-bond acceptors (Lipinski definition) is 2.